The van der Waals surface area contributed by atoms with Gasteiger partial charge in [-0.25, -0.2) is 9.37 Å². The number of hydrogen-bond donors (Lipinski definition) is 2. The van der Waals surface area contributed by atoms with Crippen molar-refractivity contribution in [1.29, 1.82) is 0 Å². The molecular weight excluding hydrogens is 369 g/mol. The molecule has 0 unspecified atom stereocenters. The number of rotatable bonds is 3. The number of carbonyl (C=O) groups is 1. The standard InChI is InChI=1S/C23H18FN3O2/c24-18-13-26-22-21(18)16(9-11-25-22)14-5-7-15(8-6-14)23(28)27-19-10-12-29-20-4-2-1-3-17(19)20/h1-9,11,13,19H,10,12H2,(H,25,26)(H,27,28)/t19-/m0/s1. The van der Waals surface area contributed by atoms with Crippen molar-refractivity contribution in [2.45, 2.75) is 12.5 Å². The van der Waals surface area contributed by atoms with E-state index in [9.17, 15) is 9.18 Å². The number of amides is 1. The normalized spacial score (nSPS) is 15.6. The molecular formula is C23H18FN3O2. The van der Waals surface area contributed by atoms with E-state index in [1.807, 2.05) is 36.4 Å². The maximum absolute atomic E-state index is 14.1. The summed E-state index contributed by atoms with van der Waals surface area (Å²) in [5, 5.41) is 3.54. The first-order chi connectivity index (χ1) is 14.2. The van der Waals surface area contributed by atoms with Crippen molar-refractivity contribution in [1.82, 2.24) is 15.3 Å². The molecule has 5 rings (SSSR count). The number of pyridine rings is 1. The number of fused-ring (bicyclic) bond motifs is 2. The lowest BCUT2D eigenvalue weighted by Crippen LogP contribution is -2.32. The number of para-hydroxylation sites is 1. The summed E-state index contributed by atoms with van der Waals surface area (Å²) in [5.74, 6) is 0.323. The molecule has 0 bridgehead atoms. The molecule has 0 radical (unpaired) electrons. The van der Waals surface area contributed by atoms with Crippen molar-refractivity contribution in [2.75, 3.05) is 6.61 Å². The molecule has 1 amide bonds. The summed E-state index contributed by atoms with van der Waals surface area (Å²) in [7, 11) is 0. The minimum absolute atomic E-state index is 0.0825. The zero-order chi connectivity index (χ0) is 19.8. The van der Waals surface area contributed by atoms with E-state index >= 15 is 0 Å². The van der Waals surface area contributed by atoms with Crippen molar-refractivity contribution in [3.8, 4) is 16.9 Å². The van der Waals surface area contributed by atoms with E-state index in [0.29, 0.717) is 23.2 Å². The Labute approximate surface area is 166 Å². The number of halogens is 1. The average molecular weight is 387 g/mol. The molecule has 2 aromatic carbocycles. The first-order valence-corrected chi connectivity index (χ1v) is 9.45. The first-order valence-electron chi connectivity index (χ1n) is 9.45. The fraction of sp³-hybridized carbons (Fsp3) is 0.130. The summed E-state index contributed by atoms with van der Waals surface area (Å²) in [6.45, 7) is 0.571. The maximum Gasteiger partial charge on any atom is 0.251 e. The van der Waals surface area contributed by atoms with Gasteiger partial charge in [0.25, 0.3) is 5.91 Å². The first kappa shape index (κ1) is 17.4. The highest BCUT2D eigenvalue weighted by Crippen LogP contribution is 2.32. The van der Waals surface area contributed by atoms with Gasteiger partial charge in [-0.2, -0.15) is 0 Å². The number of benzene rings is 2. The SMILES string of the molecule is O=C(N[C@H]1CCOc2ccccc21)c1ccc(-c2ccnc3[nH]cc(F)c23)cc1. The van der Waals surface area contributed by atoms with Crippen LogP contribution in [0.15, 0.2) is 67.0 Å². The van der Waals surface area contributed by atoms with Crippen LogP contribution >= 0.6 is 0 Å². The highest BCUT2D eigenvalue weighted by atomic mass is 19.1. The van der Waals surface area contributed by atoms with Gasteiger partial charge in [0.1, 0.15) is 11.4 Å². The Balaban J connectivity index is 1.39. The van der Waals surface area contributed by atoms with E-state index in [4.69, 9.17) is 4.74 Å². The van der Waals surface area contributed by atoms with Crippen LogP contribution < -0.4 is 10.1 Å². The number of nitrogens with zero attached hydrogens (tertiary/aromatic N) is 1. The molecule has 0 saturated heterocycles. The van der Waals surface area contributed by atoms with Crippen molar-refractivity contribution in [3.63, 3.8) is 0 Å². The molecule has 29 heavy (non-hydrogen) atoms. The minimum atomic E-state index is -0.344. The molecule has 1 aliphatic rings. The van der Waals surface area contributed by atoms with Crippen molar-refractivity contribution >= 4 is 16.9 Å². The van der Waals surface area contributed by atoms with Crippen LogP contribution in [0.1, 0.15) is 28.4 Å². The zero-order valence-electron chi connectivity index (χ0n) is 15.5. The predicted octanol–water partition coefficient (Wildman–Crippen LogP) is 4.62. The summed E-state index contributed by atoms with van der Waals surface area (Å²) < 4.78 is 19.8. The number of aromatic amines is 1. The Morgan fingerprint density at radius 1 is 1.14 bits per heavy atom. The Hall–Kier alpha value is -3.67. The van der Waals surface area contributed by atoms with Crippen LogP contribution in [0.5, 0.6) is 5.75 Å². The van der Waals surface area contributed by atoms with Crippen LogP contribution in [0.4, 0.5) is 4.39 Å². The molecule has 2 aromatic heterocycles. The number of H-pyrrole nitrogens is 1. The van der Waals surface area contributed by atoms with Gasteiger partial charge < -0.3 is 15.0 Å². The van der Waals surface area contributed by atoms with Gasteiger partial charge in [0.2, 0.25) is 0 Å². The predicted molar refractivity (Wildman–Crippen MR) is 108 cm³/mol. The van der Waals surface area contributed by atoms with Gasteiger partial charge in [0.15, 0.2) is 5.82 Å². The van der Waals surface area contributed by atoms with E-state index in [0.717, 1.165) is 28.9 Å². The quantitative estimate of drug-likeness (QED) is 0.539. The number of ether oxygens (including phenoxy) is 1. The fourth-order valence-corrected chi connectivity index (χ4v) is 3.79. The molecule has 6 heteroatoms. The van der Waals surface area contributed by atoms with E-state index in [1.54, 1.807) is 24.4 Å². The Bertz CT molecular complexity index is 1200. The van der Waals surface area contributed by atoms with Crippen LogP contribution in [0.2, 0.25) is 0 Å². The monoisotopic (exact) mass is 387 g/mol. The molecule has 2 N–H and O–H groups in total. The summed E-state index contributed by atoms with van der Waals surface area (Å²) in [4.78, 5) is 19.7. The third-order valence-corrected chi connectivity index (χ3v) is 5.25. The number of aromatic nitrogens is 2. The summed E-state index contributed by atoms with van der Waals surface area (Å²) in [6, 6.07) is 16.6. The van der Waals surface area contributed by atoms with Gasteiger partial charge in [-0.1, -0.05) is 30.3 Å². The van der Waals surface area contributed by atoms with E-state index in [1.165, 1.54) is 6.20 Å². The van der Waals surface area contributed by atoms with Gasteiger partial charge in [0, 0.05) is 29.9 Å². The van der Waals surface area contributed by atoms with Gasteiger partial charge in [-0.15, -0.1) is 0 Å². The number of hydrogen-bond acceptors (Lipinski definition) is 3. The van der Waals surface area contributed by atoms with Crippen LogP contribution in [-0.4, -0.2) is 22.5 Å². The molecule has 1 aliphatic heterocycles. The van der Waals surface area contributed by atoms with Gasteiger partial charge in [-0.3, -0.25) is 4.79 Å². The van der Waals surface area contributed by atoms with Gasteiger partial charge in [-0.05, 0) is 35.4 Å². The van der Waals surface area contributed by atoms with E-state index in [-0.39, 0.29) is 17.8 Å². The second kappa shape index (κ2) is 7.05. The topological polar surface area (TPSA) is 67.0 Å². The smallest absolute Gasteiger partial charge is 0.251 e. The van der Waals surface area contributed by atoms with Gasteiger partial charge in [0.05, 0.1) is 18.0 Å². The Morgan fingerprint density at radius 3 is 2.83 bits per heavy atom. The molecule has 0 fully saturated rings. The third kappa shape index (κ3) is 3.12. The minimum Gasteiger partial charge on any atom is -0.493 e. The lowest BCUT2D eigenvalue weighted by Gasteiger charge is -2.26. The zero-order valence-corrected chi connectivity index (χ0v) is 15.5. The summed E-state index contributed by atoms with van der Waals surface area (Å²) in [6.07, 6.45) is 3.66. The Morgan fingerprint density at radius 2 is 1.97 bits per heavy atom. The highest BCUT2D eigenvalue weighted by molar-refractivity contribution is 5.97. The lowest BCUT2D eigenvalue weighted by molar-refractivity contribution is 0.0925. The molecule has 5 nitrogen and oxygen atoms in total. The largest absolute Gasteiger partial charge is 0.493 e. The average Bonchev–Trinajstić information content (AvgIpc) is 3.15. The summed E-state index contributed by atoms with van der Waals surface area (Å²) in [5.41, 5.74) is 3.60. The number of carbonyl (C=O) groups excluding carboxylic acids is 1. The highest BCUT2D eigenvalue weighted by Gasteiger charge is 2.23. The lowest BCUT2D eigenvalue weighted by atomic mass is 9.99. The van der Waals surface area contributed by atoms with Gasteiger partial charge >= 0.3 is 0 Å². The van der Waals surface area contributed by atoms with Crippen molar-refractivity contribution in [2.24, 2.45) is 0 Å². The van der Waals surface area contributed by atoms with E-state index in [2.05, 4.69) is 15.3 Å². The van der Waals surface area contributed by atoms with Crippen molar-refractivity contribution < 1.29 is 13.9 Å². The third-order valence-electron chi connectivity index (χ3n) is 5.25. The second-order valence-corrected chi connectivity index (χ2v) is 7.00. The molecule has 144 valence electrons. The molecule has 0 saturated carbocycles. The van der Waals surface area contributed by atoms with Crippen LogP contribution in [-0.2, 0) is 0 Å². The number of nitrogens with one attached hydrogen (secondary N) is 2. The Kier molecular flexibility index (Phi) is 4.24. The van der Waals surface area contributed by atoms with E-state index < -0.39 is 0 Å². The maximum atomic E-state index is 14.1. The molecule has 1 atom stereocenters. The molecule has 0 spiro atoms. The molecule has 0 aliphatic carbocycles. The molecule has 4 aromatic rings. The van der Waals surface area contributed by atoms with Crippen LogP contribution in [0, 0.1) is 5.82 Å². The molecule has 3 heterocycles. The summed E-state index contributed by atoms with van der Waals surface area (Å²) >= 11 is 0. The second-order valence-electron chi connectivity index (χ2n) is 7.00. The van der Waals surface area contributed by atoms with Crippen LogP contribution in [0.3, 0.4) is 0 Å². The fourth-order valence-electron chi connectivity index (χ4n) is 3.79. The van der Waals surface area contributed by atoms with Crippen LogP contribution in [0.25, 0.3) is 22.2 Å². The van der Waals surface area contributed by atoms with Crippen molar-refractivity contribution in [3.05, 3.63) is 83.9 Å².